The number of halogens is 1. The number of phosphoric ester groups is 1. The van der Waals surface area contributed by atoms with Crippen LogP contribution in [0.25, 0.3) is 11.0 Å². The molecule has 184 valence electrons. The van der Waals surface area contributed by atoms with Gasteiger partial charge in [-0.2, -0.15) is 4.98 Å². The van der Waals surface area contributed by atoms with Crippen LogP contribution in [0.2, 0.25) is 5.28 Å². The van der Waals surface area contributed by atoms with Crippen LogP contribution >= 0.6 is 27.0 Å². The van der Waals surface area contributed by atoms with Crippen molar-refractivity contribution in [3.63, 3.8) is 0 Å². The van der Waals surface area contributed by atoms with Gasteiger partial charge in [0.1, 0.15) is 29.8 Å². The van der Waals surface area contributed by atoms with Gasteiger partial charge in [-0.25, -0.2) is 13.9 Å². The Balaban J connectivity index is 1.53. The smallest absolute Gasteiger partial charge is 0.387 e. The number of phosphoric acid groups is 1. The quantitative estimate of drug-likeness (QED) is 0.249. The average Bonchev–Trinajstić information content (AvgIpc) is 3.40. The van der Waals surface area contributed by atoms with Gasteiger partial charge in [0, 0.05) is 18.9 Å². The lowest BCUT2D eigenvalue weighted by Crippen LogP contribution is -2.33. The molecule has 2 unspecified atom stereocenters. The molecule has 1 saturated carbocycles. The van der Waals surface area contributed by atoms with Crippen LogP contribution in [0.1, 0.15) is 31.9 Å². The van der Waals surface area contributed by atoms with E-state index in [9.17, 15) is 24.2 Å². The molecule has 0 radical (unpaired) electrons. The Morgan fingerprint density at radius 3 is 2.61 bits per heavy atom. The van der Waals surface area contributed by atoms with Crippen molar-refractivity contribution in [1.82, 2.24) is 14.5 Å². The summed E-state index contributed by atoms with van der Waals surface area (Å²) in [5.41, 5.74) is 0.358. The van der Waals surface area contributed by atoms with E-state index in [1.54, 1.807) is 12.3 Å². The van der Waals surface area contributed by atoms with Crippen LogP contribution in [-0.2, 0) is 22.7 Å². The molecule has 5 N–H and O–H groups in total. The van der Waals surface area contributed by atoms with Crippen LogP contribution in [0.4, 0.5) is 5.82 Å². The number of rotatable bonds is 8. The summed E-state index contributed by atoms with van der Waals surface area (Å²) >= 11 is 6.13. The molecule has 0 aromatic carbocycles. The lowest BCUT2D eigenvalue weighted by atomic mass is 10.1. The number of anilines is 1. The third kappa shape index (κ3) is 5.76. The van der Waals surface area contributed by atoms with Crippen LogP contribution in [0, 0.1) is 0 Å². The summed E-state index contributed by atoms with van der Waals surface area (Å²) in [5, 5.41) is 24.9. The van der Waals surface area contributed by atoms with Crippen molar-refractivity contribution in [3.05, 3.63) is 17.5 Å². The predicted octanol–water partition coefficient (Wildman–Crippen LogP) is 2.01. The molecule has 6 atom stereocenters. The van der Waals surface area contributed by atoms with Crippen LogP contribution in [0.3, 0.4) is 0 Å². The third-order valence-electron chi connectivity index (χ3n) is 5.51. The third-order valence-corrected chi connectivity index (χ3v) is 8.19. The van der Waals surface area contributed by atoms with E-state index in [0.29, 0.717) is 16.9 Å². The second-order valence-electron chi connectivity index (χ2n) is 8.12. The van der Waals surface area contributed by atoms with Gasteiger partial charge in [0.2, 0.25) is 5.28 Å². The molecule has 2 fully saturated rings. The molecule has 0 spiro atoms. The van der Waals surface area contributed by atoms with E-state index in [-0.39, 0.29) is 11.3 Å². The molecule has 0 bridgehead atoms. The Bertz CT molecular complexity index is 1110. The molecule has 1 saturated heterocycles. The van der Waals surface area contributed by atoms with E-state index in [4.69, 9.17) is 21.2 Å². The maximum Gasteiger partial charge on any atom is 0.479 e. The summed E-state index contributed by atoms with van der Waals surface area (Å²) in [6.07, 6.45) is 0.591. The zero-order chi connectivity index (χ0) is 24.0. The number of hydrogen-bond donors (Lipinski definition) is 5. The summed E-state index contributed by atoms with van der Waals surface area (Å²) in [4.78, 5) is 27.2. The van der Waals surface area contributed by atoms with E-state index < -0.39 is 46.6 Å². The normalized spacial score (nSPS) is 29.9. The van der Waals surface area contributed by atoms with Gasteiger partial charge in [-0.3, -0.25) is 9.09 Å². The highest BCUT2D eigenvalue weighted by Gasteiger charge is 2.45. The highest BCUT2D eigenvalue weighted by Crippen LogP contribution is 2.58. The highest BCUT2D eigenvalue weighted by molar-refractivity contribution is 7.63. The van der Waals surface area contributed by atoms with Crippen LogP contribution in [0.15, 0.2) is 12.3 Å². The first-order chi connectivity index (χ1) is 15.4. The number of aromatic nitrogens is 3. The average molecular weight is 527 g/mol. The molecular weight excluding hydrogens is 502 g/mol. The summed E-state index contributed by atoms with van der Waals surface area (Å²) in [6.45, 7) is 0.0336. The monoisotopic (exact) mass is 526 g/mol. The second-order valence-corrected chi connectivity index (χ2v) is 11.9. The van der Waals surface area contributed by atoms with Crippen molar-refractivity contribution in [2.45, 2.75) is 56.3 Å². The molecule has 0 amide bonds. The SMILES string of the molecule is CP(=O)(O)OP(=O)(O)OC[C@H]1O[C@@H](n2ccc3c(NC4CCCC4)nc(Cl)nc32)[C@H](O)[C@@H]1O. The van der Waals surface area contributed by atoms with Gasteiger partial charge in [0.05, 0.1) is 12.0 Å². The first-order valence-corrected chi connectivity index (χ1v) is 14.1. The van der Waals surface area contributed by atoms with Gasteiger partial charge >= 0.3 is 15.4 Å². The largest absolute Gasteiger partial charge is 0.479 e. The van der Waals surface area contributed by atoms with Crippen molar-refractivity contribution in [2.24, 2.45) is 0 Å². The fourth-order valence-electron chi connectivity index (χ4n) is 4.06. The minimum absolute atomic E-state index is 0.0118. The molecule has 2 aromatic heterocycles. The molecule has 33 heavy (non-hydrogen) atoms. The van der Waals surface area contributed by atoms with Gasteiger partial charge in [-0.15, -0.1) is 0 Å². The fraction of sp³-hybridized carbons (Fsp3) is 0.647. The zero-order valence-corrected chi connectivity index (χ0v) is 20.1. The van der Waals surface area contributed by atoms with E-state index in [2.05, 4.69) is 24.1 Å². The first-order valence-electron chi connectivity index (χ1n) is 10.2. The van der Waals surface area contributed by atoms with Gasteiger partial charge in [0.15, 0.2) is 6.23 Å². The van der Waals surface area contributed by atoms with E-state index in [0.717, 1.165) is 32.3 Å². The summed E-state index contributed by atoms with van der Waals surface area (Å²) in [6, 6.07) is 2.00. The number of ether oxygens (including phenoxy) is 1. The molecule has 2 aromatic rings. The summed E-state index contributed by atoms with van der Waals surface area (Å²) in [7, 11) is -9.20. The van der Waals surface area contributed by atoms with Crippen LogP contribution in [0.5, 0.6) is 0 Å². The molecule has 2 aliphatic rings. The second kappa shape index (κ2) is 9.50. The van der Waals surface area contributed by atoms with Gasteiger partial charge in [-0.1, -0.05) is 12.8 Å². The van der Waals surface area contributed by atoms with E-state index >= 15 is 0 Å². The number of aliphatic hydroxyl groups excluding tert-OH is 2. The topological polar surface area (TPSA) is 185 Å². The molecule has 4 rings (SSSR count). The molecule has 16 heteroatoms. The number of hydrogen-bond acceptors (Lipinski definition) is 10. The number of nitrogens with one attached hydrogen (secondary N) is 1. The lowest BCUT2D eigenvalue weighted by molar-refractivity contribution is -0.0499. The minimum atomic E-state index is -4.90. The lowest BCUT2D eigenvalue weighted by Gasteiger charge is -2.19. The van der Waals surface area contributed by atoms with Crippen molar-refractivity contribution in [2.75, 3.05) is 18.6 Å². The maximum absolute atomic E-state index is 11.8. The Morgan fingerprint density at radius 1 is 1.24 bits per heavy atom. The molecule has 1 aliphatic heterocycles. The number of nitrogens with zero attached hydrogens (tertiary/aromatic N) is 3. The number of fused-ring (bicyclic) bond motifs is 1. The Morgan fingerprint density at radius 2 is 1.94 bits per heavy atom. The van der Waals surface area contributed by atoms with Crippen molar-refractivity contribution in [1.29, 1.82) is 0 Å². The Labute approximate surface area is 193 Å². The van der Waals surface area contributed by atoms with E-state index in [1.165, 1.54) is 4.57 Å². The fourth-order valence-corrected chi connectivity index (χ4v) is 6.28. The Hall–Kier alpha value is -1.11. The van der Waals surface area contributed by atoms with E-state index in [1.807, 2.05) is 0 Å². The standard InChI is InChI=1S/C17H25ClN4O9P2/c1-32(25,26)31-33(27,28)29-8-11-12(23)13(24)16(30-11)22-7-6-10-14(19-9-4-2-3-5-9)20-17(18)21-15(10)22/h6-7,9,11-13,16,23-24H,2-5,8H2,1H3,(H,25,26)(H,27,28)(H,19,20,21)/t11-,12-,13-,16-/m1/s1. The van der Waals surface area contributed by atoms with Crippen LogP contribution < -0.4 is 5.32 Å². The van der Waals surface area contributed by atoms with Crippen molar-refractivity contribution >= 4 is 43.9 Å². The first kappa shape index (κ1) is 25.0. The van der Waals surface area contributed by atoms with Crippen LogP contribution in [-0.4, -0.2) is 72.2 Å². The molecular formula is C17H25ClN4O9P2. The predicted molar refractivity (Wildman–Crippen MR) is 117 cm³/mol. The molecule has 3 heterocycles. The maximum atomic E-state index is 11.8. The van der Waals surface area contributed by atoms with Crippen molar-refractivity contribution in [3.8, 4) is 0 Å². The zero-order valence-electron chi connectivity index (χ0n) is 17.5. The van der Waals surface area contributed by atoms with Gasteiger partial charge in [-0.05, 0) is 30.5 Å². The van der Waals surface area contributed by atoms with Crippen molar-refractivity contribution < 1.29 is 42.7 Å². The summed E-state index contributed by atoms with van der Waals surface area (Å²) in [5.74, 6) is 0.551. The highest BCUT2D eigenvalue weighted by atomic mass is 35.5. The minimum Gasteiger partial charge on any atom is -0.387 e. The molecule has 13 nitrogen and oxygen atoms in total. The van der Waals surface area contributed by atoms with Gasteiger partial charge < -0.3 is 34.6 Å². The Kier molecular flexibility index (Phi) is 7.20. The number of aliphatic hydroxyl groups is 2. The summed E-state index contributed by atoms with van der Waals surface area (Å²) < 4.78 is 39.0. The molecule has 1 aliphatic carbocycles. The van der Waals surface area contributed by atoms with Gasteiger partial charge in [0.25, 0.3) is 0 Å².